The fourth-order valence-corrected chi connectivity index (χ4v) is 8.26. The van der Waals surface area contributed by atoms with Gasteiger partial charge >= 0.3 is 12.9 Å². The molecule has 3 heterocycles. The highest BCUT2D eigenvalue weighted by atomic mass is 32.1. The van der Waals surface area contributed by atoms with E-state index in [9.17, 15) is 45.5 Å². The van der Waals surface area contributed by atoms with Crippen LogP contribution in [0.2, 0.25) is 0 Å². The summed E-state index contributed by atoms with van der Waals surface area (Å²) < 4.78 is 69.0. The van der Waals surface area contributed by atoms with Gasteiger partial charge < -0.3 is 15.1 Å². The zero-order chi connectivity index (χ0) is 42.8. The minimum atomic E-state index is -4.69. The first kappa shape index (κ1) is 46.1. The number of amides is 4. The van der Waals surface area contributed by atoms with Crippen molar-refractivity contribution in [3.63, 3.8) is 0 Å². The molecule has 1 atom stereocenters. The molecule has 1 saturated carbocycles. The van der Waals surface area contributed by atoms with Crippen LogP contribution in [0, 0.1) is 11.3 Å². The summed E-state index contributed by atoms with van der Waals surface area (Å²) in [5, 5.41) is 14.5. The maximum absolute atomic E-state index is 13.3. The molecule has 2 aromatic rings. The van der Waals surface area contributed by atoms with Crippen LogP contribution in [0.25, 0.3) is 0 Å². The Morgan fingerprint density at radius 3 is 2.12 bits per heavy atom. The Kier molecular flexibility index (Phi) is 16.2. The number of halogens is 6. The predicted octanol–water partition coefficient (Wildman–Crippen LogP) is 6.97. The molecule has 3 aliphatic heterocycles. The molecule has 18 heteroatoms. The first-order valence-electron chi connectivity index (χ1n) is 19.3. The zero-order valence-electron chi connectivity index (χ0n) is 32.7. The van der Waals surface area contributed by atoms with Crippen LogP contribution in [0.5, 0.6) is 0 Å². The number of carbonyl (C=O) groups excluding carboxylic acids is 4. The summed E-state index contributed by atoms with van der Waals surface area (Å²) in [7, 11) is 0. The predicted molar refractivity (Wildman–Crippen MR) is 210 cm³/mol. The van der Waals surface area contributed by atoms with Crippen LogP contribution in [0.4, 0.5) is 37.7 Å². The van der Waals surface area contributed by atoms with Crippen molar-refractivity contribution in [2.24, 2.45) is 0 Å². The number of rotatable bonds is 8. The summed E-state index contributed by atoms with van der Waals surface area (Å²) in [5.41, 5.74) is -0.835. The number of piperazine rings is 1. The lowest BCUT2D eigenvalue weighted by atomic mass is 9.90. The highest BCUT2D eigenvalue weighted by molar-refractivity contribution is 7.80. The number of carbonyl (C=O) groups is 4. The van der Waals surface area contributed by atoms with Crippen molar-refractivity contribution < 1.29 is 45.5 Å². The molecule has 4 amide bonds. The van der Waals surface area contributed by atoms with Gasteiger partial charge in [0.05, 0.1) is 35.3 Å². The van der Waals surface area contributed by atoms with E-state index in [1.165, 1.54) is 11.0 Å². The molecule has 0 radical (unpaired) electrons. The highest BCUT2D eigenvalue weighted by Crippen LogP contribution is 2.40. The van der Waals surface area contributed by atoms with Crippen LogP contribution in [0.3, 0.4) is 0 Å². The van der Waals surface area contributed by atoms with Crippen LogP contribution in [0.15, 0.2) is 42.5 Å². The van der Waals surface area contributed by atoms with Gasteiger partial charge in [-0.2, -0.15) is 31.6 Å². The molecule has 0 spiro atoms. The van der Waals surface area contributed by atoms with E-state index in [1.54, 1.807) is 19.9 Å². The number of benzene rings is 2. The molecular formula is C40H49F6N7O4S. The Bertz CT molecular complexity index is 1820. The molecule has 4 aliphatic rings. The van der Waals surface area contributed by atoms with Crippen molar-refractivity contribution in [2.75, 3.05) is 49.5 Å². The zero-order valence-corrected chi connectivity index (χ0v) is 33.5. The van der Waals surface area contributed by atoms with Gasteiger partial charge in [-0.25, -0.2) is 0 Å². The molecule has 2 aromatic carbocycles. The fourth-order valence-electron chi connectivity index (χ4n) is 7.69. The number of alkyl halides is 6. The molecule has 6 rings (SSSR count). The summed E-state index contributed by atoms with van der Waals surface area (Å²) >= 11 is 5.53. The number of nitrogens with one attached hydrogen (secondary N) is 2. The maximum Gasteiger partial charge on any atom is 0.417 e. The third-order valence-corrected chi connectivity index (χ3v) is 10.9. The van der Waals surface area contributed by atoms with Crippen LogP contribution >= 0.6 is 12.2 Å². The van der Waals surface area contributed by atoms with Crippen molar-refractivity contribution >= 4 is 52.3 Å². The van der Waals surface area contributed by atoms with Crippen molar-refractivity contribution in [2.45, 2.75) is 102 Å². The number of hydrogen-bond donors (Lipinski definition) is 2. The van der Waals surface area contributed by atoms with E-state index in [2.05, 4.69) is 27.4 Å². The van der Waals surface area contributed by atoms with Crippen LogP contribution in [-0.4, -0.2) is 101 Å². The normalized spacial score (nSPS) is 20.5. The second-order valence-corrected chi connectivity index (χ2v) is 15.4. The standard InChI is InChI=1S/C20H28N4O3.C19H20F3N3OS.CHF3/c1-2-9-23-10-12-24(13-11-23)14-19(26)21-16-5-3-15(4-6-16)17-7-8-18(25)22-20(17)27;1-18(2)16(26)24(17(27)25(18)13-6-4-3-5-7-13)14-9-8-12(11-23)15(10-14)19(20,21)22;2-1(3)4/h3-6,17H,2,7-14H2,1H3,(H,21,26)(H,22,25,27);8-10,13H,3-7H2,1-2H3;1H. The number of nitriles is 1. The molecule has 4 fully saturated rings. The fraction of sp³-hybridized carbons (Fsp3) is 0.550. The number of nitrogens with zero attached hydrogens (tertiary/aromatic N) is 5. The number of imide groups is 1. The smallest absolute Gasteiger partial charge is 0.331 e. The van der Waals surface area contributed by atoms with E-state index in [4.69, 9.17) is 17.5 Å². The number of hydrogen-bond acceptors (Lipinski definition) is 8. The second kappa shape index (κ2) is 20.4. The monoisotopic (exact) mass is 837 g/mol. The molecule has 3 saturated heterocycles. The van der Waals surface area contributed by atoms with Gasteiger partial charge in [-0.1, -0.05) is 38.3 Å². The van der Waals surface area contributed by atoms with Gasteiger partial charge in [-0.05, 0) is 94.2 Å². The largest absolute Gasteiger partial charge is 0.417 e. The number of anilines is 2. The van der Waals surface area contributed by atoms with Crippen molar-refractivity contribution in [3.8, 4) is 6.07 Å². The van der Waals surface area contributed by atoms with Gasteiger partial charge in [0, 0.05) is 44.3 Å². The molecule has 58 heavy (non-hydrogen) atoms. The van der Waals surface area contributed by atoms with Gasteiger partial charge in [0.15, 0.2) is 5.11 Å². The van der Waals surface area contributed by atoms with Gasteiger partial charge in [0.25, 0.3) is 5.91 Å². The Labute approximate surface area is 339 Å². The Hall–Kier alpha value is -4.60. The maximum atomic E-state index is 13.3. The molecule has 316 valence electrons. The summed E-state index contributed by atoms with van der Waals surface area (Å²) in [4.78, 5) is 56.2. The van der Waals surface area contributed by atoms with Gasteiger partial charge in [-0.3, -0.25) is 34.3 Å². The molecule has 0 bridgehead atoms. The first-order chi connectivity index (χ1) is 27.4. The Morgan fingerprint density at radius 2 is 1.57 bits per heavy atom. The van der Waals surface area contributed by atoms with E-state index >= 15 is 0 Å². The lowest BCUT2D eigenvalue weighted by Gasteiger charge is -2.39. The van der Waals surface area contributed by atoms with Crippen molar-refractivity contribution in [3.05, 3.63) is 59.2 Å². The summed E-state index contributed by atoms with van der Waals surface area (Å²) in [6, 6.07) is 12.3. The average molecular weight is 838 g/mol. The third kappa shape index (κ3) is 12.0. The quantitative estimate of drug-likeness (QED) is 0.165. The molecule has 11 nitrogen and oxygen atoms in total. The highest BCUT2D eigenvalue weighted by Gasteiger charge is 2.52. The molecule has 2 N–H and O–H groups in total. The average Bonchev–Trinajstić information content (AvgIpc) is 3.34. The minimum absolute atomic E-state index is 0.0207. The van der Waals surface area contributed by atoms with E-state index in [0.717, 1.165) is 94.6 Å². The first-order valence-corrected chi connectivity index (χ1v) is 19.7. The van der Waals surface area contributed by atoms with Gasteiger partial charge in [0.1, 0.15) is 5.54 Å². The molecular weight excluding hydrogens is 789 g/mol. The number of thiocarbonyl (C=S) groups is 1. The van der Waals surface area contributed by atoms with E-state index in [1.807, 2.05) is 29.2 Å². The Morgan fingerprint density at radius 1 is 0.966 bits per heavy atom. The van der Waals surface area contributed by atoms with E-state index in [0.29, 0.717) is 19.4 Å². The lowest BCUT2D eigenvalue weighted by Crippen LogP contribution is -2.50. The lowest BCUT2D eigenvalue weighted by molar-refractivity contribution is -0.138. The van der Waals surface area contributed by atoms with Gasteiger partial charge in [0.2, 0.25) is 17.7 Å². The van der Waals surface area contributed by atoms with Crippen molar-refractivity contribution in [1.82, 2.24) is 20.0 Å². The van der Waals surface area contributed by atoms with Crippen molar-refractivity contribution in [1.29, 1.82) is 5.26 Å². The molecule has 1 unspecified atom stereocenters. The molecule has 1 aliphatic carbocycles. The molecule has 0 aromatic heterocycles. The number of piperidine rings is 1. The summed E-state index contributed by atoms with van der Waals surface area (Å²) in [5.74, 6) is -1.13. The minimum Gasteiger partial charge on any atom is -0.331 e. The second-order valence-electron chi connectivity index (χ2n) is 15.0. The van der Waals surface area contributed by atoms with E-state index < -0.39 is 29.5 Å². The third-order valence-electron chi connectivity index (χ3n) is 10.6. The van der Waals surface area contributed by atoms with Gasteiger partial charge in [-0.15, -0.1) is 0 Å². The SMILES string of the molecule is CC1(C)C(=O)N(c2ccc(C#N)c(C(F)(F)F)c2)C(=S)N1C1CCCCC1.CCCN1CCN(CC(=O)Nc2ccc(C3CCC(=O)NC3=O)cc2)CC1.FC(F)F. The topological polar surface area (TPSA) is 129 Å². The Balaban J connectivity index is 0.000000235. The summed E-state index contributed by atoms with van der Waals surface area (Å²) in [6.07, 6.45) is 2.41. The van der Waals surface area contributed by atoms with Crippen LogP contribution < -0.4 is 15.5 Å². The summed E-state index contributed by atoms with van der Waals surface area (Å²) in [6.45, 7) is 7.42. The van der Waals surface area contributed by atoms with Crippen LogP contribution in [-0.2, 0) is 25.4 Å². The van der Waals surface area contributed by atoms with E-state index in [-0.39, 0.29) is 46.4 Å². The van der Waals surface area contributed by atoms with Crippen LogP contribution in [0.1, 0.15) is 94.7 Å².